The number of ether oxygens (including phenoxy) is 1. The first-order valence-corrected chi connectivity index (χ1v) is 5.81. The summed E-state index contributed by atoms with van der Waals surface area (Å²) in [5, 5.41) is 10.7. The minimum absolute atomic E-state index is 0.0166. The fraction of sp³-hybridized carbons (Fsp3) is 0.500. The number of aromatic nitrogens is 2. The average molecular weight is 226 g/mol. The molecule has 0 radical (unpaired) electrons. The van der Waals surface area contributed by atoms with E-state index in [0.29, 0.717) is 18.4 Å². The van der Waals surface area contributed by atoms with Gasteiger partial charge in [-0.2, -0.15) is 4.98 Å². The number of nitrogens with zero attached hydrogens (tertiary/aromatic N) is 2. The quantitative estimate of drug-likeness (QED) is 0.866. The second-order valence-corrected chi connectivity index (χ2v) is 4.46. The molecule has 0 aliphatic rings. The number of hydrogen-bond donors (Lipinski definition) is 1. The van der Waals surface area contributed by atoms with Gasteiger partial charge in [0.05, 0.1) is 12.3 Å². The molecule has 0 saturated carbocycles. The lowest BCUT2D eigenvalue weighted by atomic mass is 10.1. The molecule has 0 bridgehead atoms. The largest absolute Gasteiger partial charge is 0.474 e. The van der Waals surface area contributed by atoms with Crippen molar-refractivity contribution in [1.82, 2.24) is 9.38 Å². The summed E-state index contributed by atoms with van der Waals surface area (Å²) in [4.78, 5) is 5.32. The molecule has 2 aromatic heterocycles. The fourth-order valence-corrected chi connectivity index (χ4v) is 2.27. The van der Waals surface area contributed by atoms with Crippen molar-refractivity contribution in [3.8, 4) is 5.88 Å². The molecular weight excluding hydrogens is 212 g/mol. The lowest BCUT2D eigenvalue weighted by Gasteiger charge is -2.07. The van der Waals surface area contributed by atoms with Gasteiger partial charge >= 0.3 is 0 Å². The highest BCUT2D eigenvalue weighted by Gasteiger charge is 2.16. The molecule has 2 heterocycles. The second kappa shape index (κ2) is 4.20. The molecule has 4 nitrogen and oxygen atoms in total. The molecule has 5 heteroatoms. The molecule has 0 aliphatic heterocycles. The second-order valence-electron chi connectivity index (χ2n) is 3.58. The van der Waals surface area contributed by atoms with Crippen LogP contribution in [0.25, 0.3) is 4.96 Å². The van der Waals surface area contributed by atoms with Crippen LogP contribution < -0.4 is 4.74 Å². The van der Waals surface area contributed by atoms with Crippen LogP contribution in [0.2, 0.25) is 0 Å². The average Bonchev–Trinajstić information content (AvgIpc) is 2.72. The van der Waals surface area contributed by atoms with Crippen LogP contribution in [0.15, 0.2) is 11.6 Å². The van der Waals surface area contributed by atoms with Crippen LogP contribution in [0.1, 0.15) is 25.5 Å². The zero-order valence-corrected chi connectivity index (χ0v) is 9.62. The number of hydrogen-bond acceptors (Lipinski definition) is 4. The van der Waals surface area contributed by atoms with Crippen molar-refractivity contribution in [3.05, 3.63) is 17.3 Å². The fourth-order valence-electron chi connectivity index (χ4n) is 1.56. The summed E-state index contributed by atoms with van der Waals surface area (Å²) in [5.41, 5.74) is 1.07. The Bertz CT molecular complexity index is 447. The number of fused-ring (bicyclic) bond motifs is 1. The van der Waals surface area contributed by atoms with Crippen LogP contribution in [0.4, 0.5) is 0 Å². The van der Waals surface area contributed by atoms with E-state index in [4.69, 9.17) is 9.84 Å². The third-order valence-electron chi connectivity index (χ3n) is 2.14. The monoisotopic (exact) mass is 226 g/mol. The van der Waals surface area contributed by atoms with E-state index in [-0.39, 0.29) is 6.61 Å². The first-order valence-electron chi connectivity index (χ1n) is 4.93. The molecule has 1 N–H and O–H groups in total. The lowest BCUT2D eigenvalue weighted by Crippen LogP contribution is -2.05. The number of aliphatic hydroxyl groups excluding tert-OH is 1. The molecule has 0 fully saturated rings. The van der Waals surface area contributed by atoms with Crippen molar-refractivity contribution >= 4 is 16.3 Å². The van der Waals surface area contributed by atoms with Crippen LogP contribution in [-0.4, -0.2) is 27.7 Å². The summed E-state index contributed by atoms with van der Waals surface area (Å²) in [6.45, 7) is 4.52. The van der Waals surface area contributed by atoms with E-state index in [2.05, 4.69) is 18.8 Å². The molecule has 2 rings (SSSR count). The first kappa shape index (κ1) is 10.4. The number of aliphatic hydroxyl groups is 1. The van der Waals surface area contributed by atoms with Crippen LogP contribution in [-0.2, 0) is 0 Å². The predicted molar refractivity (Wildman–Crippen MR) is 59.7 cm³/mol. The molecule has 0 saturated heterocycles. The molecule has 0 aliphatic carbocycles. The highest BCUT2D eigenvalue weighted by Crippen LogP contribution is 2.29. The maximum Gasteiger partial charge on any atom is 0.237 e. The van der Waals surface area contributed by atoms with Crippen molar-refractivity contribution < 1.29 is 9.84 Å². The van der Waals surface area contributed by atoms with E-state index in [1.54, 1.807) is 11.3 Å². The van der Waals surface area contributed by atoms with Gasteiger partial charge in [0.25, 0.3) is 0 Å². The van der Waals surface area contributed by atoms with Crippen LogP contribution >= 0.6 is 11.3 Å². The van der Waals surface area contributed by atoms with Crippen molar-refractivity contribution in [2.24, 2.45) is 0 Å². The molecule has 0 unspecified atom stereocenters. The molecule has 82 valence electrons. The molecule has 0 aromatic carbocycles. The maximum atomic E-state index is 8.73. The van der Waals surface area contributed by atoms with Gasteiger partial charge in [-0.25, -0.2) is 0 Å². The van der Waals surface area contributed by atoms with Crippen molar-refractivity contribution in [2.45, 2.75) is 19.8 Å². The Morgan fingerprint density at radius 1 is 1.60 bits per heavy atom. The third kappa shape index (κ3) is 1.85. The summed E-state index contributed by atoms with van der Waals surface area (Å²) in [6.07, 6.45) is 1.99. The zero-order chi connectivity index (χ0) is 10.8. The van der Waals surface area contributed by atoms with Crippen molar-refractivity contribution in [1.29, 1.82) is 0 Å². The summed E-state index contributed by atoms with van der Waals surface area (Å²) in [7, 11) is 0. The van der Waals surface area contributed by atoms with Gasteiger partial charge in [-0.3, -0.25) is 4.40 Å². The minimum atomic E-state index is 0.0166. The minimum Gasteiger partial charge on any atom is -0.474 e. The molecule has 0 amide bonds. The van der Waals surface area contributed by atoms with E-state index in [0.717, 1.165) is 10.7 Å². The SMILES string of the molecule is CC(C)c1c(OCCO)nc2sccn12. The molecule has 15 heavy (non-hydrogen) atoms. The van der Waals surface area contributed by atoms with Gasteiger partial charge in [-0.15, -0.1) is 11.3 Å². The van der Waals surface area contributed by atoms with Gasteiger partial charge in [0, 0.05) is 11.6 Å². The van der Waals surface area contributed by atoms with E-state index >= 15 is 0 Å². The van der Waals surface area contributed by atoms with Gasteiger partial charge < -0.3 is 9.84 Å². The summed E-state index contributed by atoms with van der Waals surface area (Å²) < 4.78 is 7.46. The van der Waals surface area contributed by atoms with Crippen LogP contribution in [0.5, 0.6) is 5.88 Å². The summed E-state index contributed by atoms with van der Waals surface area (Å²) in [6, 6.07) is 0. The van der Waals surface area contributed by atoms with Crippen LogP contribution in [0, 0.1) is 0 Å². The van der Waals surface area contributed by atoms with Crippen molar-refractivity contribution in [2.75, 3.05) is 13.2 Å². The van der Waals surface area contributed by atoms with Gasteiger partial charge in [0.2, 0.25) is 5.88 Å². The smallest absolute Gasteiger partial charge is 0.237 e. The summed E-state index contributed by atoms with van der Waals surface area (Å²) >= 11 is 1.58. The highest BCUT2D eigenvalue weighted by atomic mass is 32.1. The number of imidazole rings is 1. The Kier molecular flexibility index (Phi) is 2.93. The van der Waals surface area contributed by atoms with Gasteiger partial charge in [-0.1, -0.05) is 13.8 Å². The van der Waals surface area contributed by atoms with Gasteiger partial charge in [0.15, 0.2) is 4.96 Å². The van der Waals surface area contributed by atoms with E-state index < -0.39 is 0 Å². The topological polar surface area (TPSA) is 46.8 Å². The van der Waals surface area contributed by atoms with Crippen molar-refractivity contribution in [3.63, 3.8) is 0 Å². The Morgan fingerprint density at radius 3 is 3.07 bits per heavy atom. The standard InChI is InChI=1S/C10H14N2O2S/c1-7(2)8-9(14-5-4-13)11-10-12(8)3-6-15-10/h3,6-7,13H,4-5H2,1-2H3. The number of thiazole rings is 1. The number of rotatable bonds is 4. The maximum absolute atomic E-state index is 8.73. The third-order valence-corrected chi connectivity index (χ3v) is 2.90. The molecule has 0 atom stereocenters. The van der Waals surface area contributed by atoms with E-state index in [9.17, 15) is 0 Å². The van der Waals surface area contributed by atoms with E-state index in [1.165, 1.54) is 0 Å². The van der Waals surface area contributed by atoms with Gasteiger partial charge in [-0.05, 0) is 5.92 Å². The molecular formula is C10H14N2O2S. The van der Waals surface area contributed by atoms with E-state index in [1.807, 2.05) is 16.0 Å². The van der Waals surface area contributed by atoms with Gasteiger partial charge in [0.1, 0.15) is 6.61 Å². The highest BCUT2D eigenvalue weighted by molar-refractivity contribution is 7.15. The van der Waals surface area contributed by atoms with Crippen LogP contribution in [0.3, 0.4) is 0 Å². The molecule has 0 spiro atoms. The summed E-state index contributed by atoms with van der Waals surface area (Å²) in [5.74, 6) is 0.995. The first-order chi connectivity index (χ1) is 7.24. The predicted octanol–water partition coefficient (Wildman–Crippen LogP) is 1.89. The Labute approximate surface area is 92.1 Å². The lowest BCUT2D eigenvalue weighted by molar-refractivity contribution is 0.195. The molecule has 2 aromatic rings. The Hall–Kier alpha value is -1.07. The Balaban J connectivity index is 2.43. The zero-order valence-electron chi connectivity index (χ0n) is 8.80. The Morgan fingerprint density at radius 2 is 2.40 bits per heavy atom. The normalized spacial score (nSPS) is 11.5.